The second kappa shape index (κ2) is 7.56. The van der Waals surface area contributed by atoms with Gasteiger partial charge in [-0.3, -0.25) is 25.2 Å². The van der Waals surface area contributed by atoms with Gasteiger partial charge in [-0.05, 0) is 26.0 Å². The van der Waals surface area contributed by atoms with Gasteiger partial charge in [-0.15, -0.1) is 0 Å². The van der Waals surface area contributed by atoms with Crippen molar-refractivity contribution in [2.75, 3.05) is 0 Å². The molecule has 0 spiro atoms. The number of nitrogens with zero attached hydrogens (tertiary/aromatic N) is 1. The molecule has 0 saturated carbocycles. The summed E-state index contributed by atoms with van der Waals surface area (Å²) in [6, 6.07) is 4.08. The lowest BCUT2D eigenvalue weighted by Gasteiger charge is -2.11. The molecule has 1 heterocycles. The van der Waals surface area contributed by atoms with E-state index in [1.807, 2.05) is 0 Å². The molecule has 0 amide bonds. The van der Waals surface area contributed by atoms with Crippen molar-refractivity contribution >= 4 is 11.9 Å². The number of carboxylic acid groups (broad SMARTS) is 2. The lowest BCUT2D eigenvalue weighted by Crippen LogP contribution is -2.34. The topological polar surface area (TPSA) is 112 Å². The van der Waals surface area contributed by atoms with Crippen molar-refractivity contribution in [3.63, 3.8) is 0 Å². The summed E-state index contributed by atoms with van der Waals surface area (Å²) in [6.45, 7) is 3.80. The number of rotatable bonds is 8. The van der Waals surface area contributed by atoms with Gasteiger partial charge in [0.2, 0.25) is 0 Å². The van der Waals surface area contributed by atoms with E-state index in [1.54, 1.807) is 32.0 Å². The first-order valence-electron chi connectivity index (χ1n) is 6.27. The minimum Gasteiger partial charge on any atom is -0.480 e. The highest BCUT2D eigenvalue weighted by atomic mass is 16.4. The quantitative estimate of drug-likeness (QED) is 0.539. The highest BCUT2D eigenvalue weighted by molar-refractivity contribution is 5.73. The van der Waals surface area contributed by atoms with Gasteiger partial charge in [0.25, 0.3) is 0 Å². The predicted molar refractivity (Wildman–Crippen MR) is 72.1 cm³/mol. The fourth-order valence-electron chi connectivity index (χ4n) is 1.42. The highest BCUT2D eigenvalue weighted by Gasteiger charge is 2.11. The summed E-state index contributed by atoms with van der Waals surface area (Å²) in [5, 5.41) is 23.2. The molecule has 0 aliphatic heterocycles. The summed E-state index contributed by atoms with van der Waals surface area (Å²) in [6.07, 6.45) is 0. The number of nitrogens with one attached hydrogen (secondary N) is 2. The van der Waals surface area contributed by atoms with E-state index < -0.39 is 24.0 Å². The van der Waals surface area contributed by atoms with Crippen LogP contribution >= 0.6 is 0 Å². The highest BCUT2D eigenvalue weighted by Crippen LogP contribution is 2.00. The van der Waals surface area contributed by atoms with Gasteiger partial charge in [-0.2, -0.15) is 0 Å². The smallest absolute Gasteiger partial charge is 0.320 e. The molecule has 0 aromatic carbocycles. The number of carboxylic acids is 2. The Morgan fingerprint density at radius 2 is 1.45 bits per heavy atom. The van der Waals surface area contributed by atoms with Crippen LogP contribution in [-0.2, 0) is 22.7 Å². The SMILES string of the molecule is C[C@@H](NCc1cccc(CN[C@H](C)C(=O)O)n1)C(=O)O. The Bertz CT molecular complexity index is 439. The van der Waals surface area contributed by atoms with Crippen LogP contribution in [0.3, 0.4) is 0 Å². The van der Waals surface area contributed by atoms with Gasteiger partial charge in [0.05, 0.1) is 11.4 Å². The minimum absolute atomic E-state index is 0.343. The molecule has 0 aliphatic carbocycles. The average Bonchev–Trinajstić information content (AvgIpc) is 2.42. The Morgan fingerprint density at radius 3 is 1.80 bits per heavy atom. The molecule has 2 atom stereocenters. The third-order valence-corrected chi connectivity index (χ3v) is 2.78. The fourth-order valence-corrected chi connectivity index (χ4v) is 1.42. The van der Waals surface area contributed by atoms with Gasteiger partial charge in [0.15, 0.2) is 0 Å². The van der Waals surface area contributed by atoms with E-state index in [0.717, 1.165) is 0 Å². The normalized spacial score (nSPS) is 13.7. The van der Waals surface area contributed by atoms with Crippen molar-refractivity contribution in [1.29, 1.82) is 0 Å². The number of pyridine rings is 1. The molecule has 110 valence electrons. The number of hydrogen-bond donors (Lipinski definition) is 4. The van der Waals surface area contributed by atoms with Gasteiger partial charge >= 0.3 is 11.9 Å². The Morgan fingerprint density at radius 1 is 1.05 bits per heavy atom. The van der Waals surface area contributed by atoms with E-state index >= 15 is 0 Å². The minimum atomic E-state index is -0.918. The Labute approximate surface area is 117 Å². The molecule has 0 unspecified atom stereocenters. The van der Waals surface area contributed by atoms with Crippen LogP contribution in [0.1, 0.15) is 25.2 Å². The van der Waals surface area contributed by atoms with Gasteiger partial charge in [0, 0.05) is 13.1 Å². The molecule has 0 radical (unpaired) electrons. The van der Waals surface area contributed by atoms with E-state index in [0.29, 0.717) is 24.5 Å². The molecule has 0 bridgehead atoms. The van der Waals surface area contributed by atoms with Crippen molar-refractivity contribution in [3.05, 3.63) is 29.6 Å². The van der Waals surface area contributed by atoms with Gasteiger partial charge in [-0.25, -0.2) is 0 Å². The van der Waals surface area contributed by atoms with Gasteiger partial charge < -0.3 is 10.2 Å². The Kier molecular flexibility index (Phi) is 6.08. The summed E-state index contributed by atoms with van der Waals surface area (Å²) >= 11 is 0. The number of aliphatic carboxylic acids is 2. The summed E-state index contributed by atoms with van der Waals surface area (Å²) in [7, 11) is 0. The van der Waals surface area contributed by atoms with Gasteiger partial charge in [0.1, 0.15) is 12.1 Å². The first-order valence-corrected chi connectivity index (χ1v) is 6.27. The molecule has 7 nitrogen and oxygen atoms in total. The molecule has 1 rings (SSSR count). The number of aromatic nitrogens is 1. The average molecular weight is 281 g/mol. The molecule has 1 aromatic heterocycles. The van der Waals surface area contributed by atoms with Crippen LogP contribution in [0.2, 0.25) is 0 Å². The second-order valence-electron chi connectivity index (χ2n) is 4.50. The summed E-state index contributed by atoms with van der Waals surface area (Å²) in [4.78, 5) is 25.7. The number of hydrogen-bond acceptors (Lipinski definition) is 5. The van der Waals surface area contributed by atoms with Crippen molar-refractivity contribution in [3.8, 4) is 0 Å². The van der Waals surface area contributed by atoms with E-state index in [4.69, 9.17) is 10.2 Å². The molecule has 0 fully saturated rings. The summed E-state index contributed by atoms with van der Waals surface area (Å²) in [5.74, 6) is -1.84. The lowest BCUT2D eigenvalue weighted by molar-refractivity contribution is -0.140. The van der Waals surface area contributed by atoms with Crippen LogP contribution in [-0.4, -0.2) is 39.2 Å². The summed E-state index contributed by atoms with van der Waals surface area (Å²) in [5.41, 5.74) is 1.42. The van der Waals surface area contributed by atoms with Crippen LogP contribution in [0.5, 0.6) is 0 Å². The molecule has 20 heavy (non-hydrogen) atoms. The zero-order chi connectivity index (χ0) is 15.1. The first kappa shape index (κ1) is 16.1. The standard InChI is InChI=1S/C13H19N3O4/c1-8(12(17)18)14-6-10-4-3-5-11(16-10)7-15-9(2)13(19)20/h3-5,8-9,14-15H,6-7H2,1-2H3,(H,17,18)(H,19,20)/t8-,9-/m1/s1. The Hall–Kier alpha value is -1.99. The second-order valence-corrected chi connectivity index (χ2v) is 4.50. The zero-order valence-corrected chi connectivity index (χ0v) is 11.5. The largest absolute Gasteiger partial charge is 0.480 e. The predicted octanol–water partition coefficient (Wildman–Crippen LogP) is 0.207. The van der Waals surface area contributed by atoms with Crippen molar-refractivity contribution < 1.29 is 19.8 Å². The molecular formula is C13H19N3O4. The monoisotopic (exact) mass is 281 g/mol. The van der Waals surface area contributed by atoms with Crippen molar-refractivity contribution in [1.82, 2.24) is 15.6 Å². The molecule has 0 saturated heterocycles. The lowest BCUT2D eigenvalue weighted by atomic mass is 10.2. The van der Waals surface area contributed by atoms with Crippen LogP contribution in [0, 0.1) is 0 Å². The van der Waals surface area contributed by atoms with Crippen molar-refractivity contribution in [2.45, 2.75) is 39.0 Å². The maximum absolute atomic E-state index is 10.7. The molecule has 0 aliphatic rings. The Balaban J connectivity index is 2.53. The molecule has 1 aromatic rings. The van der Waals surface area contributed by atoms with Crippen LogP contribution < -0.4 is 10.6 Å². The van der Waals surface area contributed by atoms with Crippen LogP contribution in [0.4, 0.5) is 0 Å². The van der Waals surface area contributed by atoms with Crippen LogP contribution in [0.15, 0.2) is 18.2 Å². The maximum Gasteiger partial charge on any atom is 0.320 e. The van der Waals surface area contributed by atoms with Crippen molar-refractivity contribution in [2.24, 2.45) is 0 Å². The van der Waals surface area contributed by atoms with E-state index in [9.17, 15) is 9.59 Å². The number of carbonyl (C=O) groups is 2. The van der Waals surface area contributed by atoms with E-state index in [-0.39, 0.29) is 0 Å². The first-order chi connectivity index (χ1) is 9.40. The van der Waals surface area contributed by atoms with E-state index in [1.165, 1.54) is 0 Å². The van der Waals surface area contributed by atoms with E-state index in [2.05, 4.69) is 15.6 Å². The third kappa shape index (κ3) is 5.33. The fraction of sp³-hybridized carbons (Fsp3) is 0.462. The third-order valence-electron chi connectivity index (χ3n) is 2.78. The molecule has 7 heteroatoms. The maximum atomic E-state index is 10.7. The molecule has 4 N–H and O–H groups in total. The molecular weight excluding hydrogens is 262 g/mol. The zero-order valence-electron chi connectivity index (χ0n) is 11.5. The van der Waals surface area contributed by atoms with Crippen LogP contribution in [0.25, 0.3) is 0 Å². The van der Waals surface area contributed by atoms with Gasteiger partial charge in [-0.1, -0.05) is 6.07 Å². The summed E-state index contributed by atoms with van der Waals surface area (Å²) < 4.78 is 0.